The highest BCUT2D eigenvalue weighted by Gasteiger charge is 2.33. The topological polar surface area (TPSA) is 92.5 Å². The van der Waals surface area contributed by atoms with Crippen LogP contribution in [0.3, 0.4) is 0 Å². The van der Waals surface area contributed by atoms with Gasteiger partial charge in [-0.25, -0.2) is 9.78 Å². The van der Waals surface area contributed by atoms with Gasteiger partial charge in [0.1, 0.15) is 12.6 Å². The van der Waals surface area contributed by atoms with Crippen molar-refractivity contribution in [2.75, 3.05) is 6.54 Å². The average Bonchev–Trinajstić information content (AvgIpc) is 3.00. The molecule has 1 amide bonds. The van der Waals surface area contributed by atoms with E-state index in [4.69, 9.17) is 5.11 Å². The monoisotopic (exact) mass is 379 g/mol. The third-order valence-electron chi connectivity index (χ3n) is 3.95. The van der Waals surface area contributed by atoms with Crippen molar-refractivity contribution in [2.45, 2.75) is 25.4 Å². The predicted octanol–water partition coefficient (Wildman–Crippen LogP) is 1.23. The van der Waals surface area contributed by atoms with Gasteiger partial charge in [-0.2, -0.15) is 0 Å². The summed E-state index contributed by atoms with van der Waals surface area (Å²) in [6.07, 6.45) is 2.42. The van der Waals surface area contributed by atoms with E-state index in [1.54, 1.807) is 18.2 Å². The van der Waals surface area contributed by atoms with Crippen molar-refractivity contribution in [3.63, 3.8) is 0 Å². The van der Waals surface area contributed by atoms with E-state index in [0.29, 0.717) is 30.3 Å². The zero-order valence-corrected chi connectivity index (χ0v) is 13.7. The van der Waals surface area contributed by atoms with E-state index >= 15 is 0 Å². The van der Waals surface area contributed by atoms with Crippen LogP contribution in [0.5, 0.6) is 0 Å². The predicted molar refractivity (Wildman–Crippen MR) is 86.1 cm³/mol. The largest absolute Gasteiger partial charge is 0.480 e. The van der Waals surface area contributed by atoms with Gasteiger partial charge in [0.15, 0.2) is 0 Å². The van der Waals surface area contributed by atoms with Crippen molar-refractivity contribution in [1.29, 1.82) is 0 Å². The maximum Gasteiger partial charge on any atom is 0.326 e. The summed E-state index contributed by atoms with van der Waals surface area (Å²) in [7, 11) is 0. The molecule has 2 heterocycles. The number of carbonyl (C=O) groups is 2. The highest BCUT2D eigenvalue weighted by molar-refractivity contribution is 9.10. The van der Waals surface area contributed by atoms with Crippen molar-refractivity contribution in [3.8, 4) is 0 Å². The number of aliphatic carboxylic acids is 1. The number of hydrogen-bond donors (Lipinski definition) is 1. The molecule has 0 radical (unpaired) electrons. The van der Waals surface area contributed by atoms with Gasteiger partial charge in [-0.1, -0.05) is 15.9 Å². The first-order chi connectivity index (χ1) is 11.0. The highest BCUT2D eigenvalue weighted by atomic mass is 79.9. The zero-order valence-electron chi connectivity index (χ0n) is 12.1. The first kappa shape index (κ1) is 15.7. The maximum atomic E-state index is 12.5. The number of carboxylic acid groups (broad SMARTS) is 1. The lowest BCUT2D eigenvalue weighted by Gasteiger charge is -2.21. The molecule has 1 N–H and O–H groups in total. The zero-order chi connectivity index (χ0) is 16.6. The van der Waals surface area contributed by atoms with Crippen LogP contribution in [-0.2, 0) is 16.1 Å². The second-order valence-corrected chi connectivity index (χ2v) is 6.34. The maximum absolute atomic E-state index is 12.5. The van der Waals surface area contributed by atoms with E-state index in [9.17, 15) is 14.4 Å². The number of rotatable bonds is 3. The standard InChI is InChI=1S/C15H14BrN3O4/c16-9-3-4-11-10(6-9)14(21)18(8-17-11)7-13(20)19-5-1-2-12(19)15(22)23/h3-4,6,8,12H,1-2,5,7H2,(H,22,23)/t12-/m0/s1. The van der Waals surface area contributed by atoms with Crippen molar-refractivity contribution in [2.24, 2.45) is 0 Å². The van der Waals surface area contributed by atoms with Crippen LogP contribution in [0.15, 0.2) is 33.8 Å². The molecular formula is C15H14BrN3O4. The Morgan fingerprint density at radius 1 is 1.39 bits per heavy atom. The fraction of sp³-hybridized carbons (Fsp3) is 0.333. The molecule has 1 atom stereocenters. The number of amides is 1. The van der Waals surface area contributed by atoms with Crippen molar-refractivity contribution < 1.29 is 14.7 Å². The summed E-state index contributed by atoms with van der Waals surface area (Å²) in [6.45, 7) is 0.190. The first-order valence-corrected chi connectivity index (χ1v) is 7.93. The lowest BCUT2D eigenvalue weighted by molar-refractivity contribution is -0.148. The second kappa shape index (κ2) is 6.11. The van der Waals surface area contributed by atoms with Gasteiger partial charge >= 0.3 is 5.97 Å². The number of carbonyl (C=O) groups excluding carboxylic acids is 1. The van der Waals surface area contributed by atoms with Crippen LogP contribution in [0.1, 0.15) is 12.8 Å². The van der Waals surface area contributed by atoms with Gasteiger partial charge in [-0.05, 0) is 31.0 Å². The summed E-state index contributed by atoms with van der Waals surface area (Å²) in [5, 5.41) is 9.55. The fourth-order valence-corrected chi connectivity index (χ4v) is 3.16. The van der Waals surface area contributed by atoms with Crippen LogP contribution in [0.25, 0.3) is 10.9 Å². The molecule has 2 aromatic rings. The molecule has 0 aliphatic carbocycles. The number of aromatic nitrogens is 2. The smallest absolute Gasteiger partial charge is 0.326 e. The Kier molecular flexibility index (Phi) is 4.16. The Morgan fingerprint density at radius 2 is 2.17 bits per heavy atom. The molecule has 8 heteroatoms. The number of benzene rings is 1. The Balaban J connectivity index is 1.89. The van der Waals surface area contributed by atoms with Gasteiger partial charge in [0.05, 0.1) is 17.2 Å². The number of carboxylic acids is 1. The number of likely N-dealkylation sites (tertiary alicyclic amines) is 1. The Morgan fingerprint density at radius 3 is 2.91 bits per heavy atom. The van der Waals surface area contributed by atoms with Crippen LogP contribution in [0, 0.1) is 0 Å². The van der Waals surface area contributed by atoms with Crippen LogP contribution < -0.4 is 5.56 Å². The van der Waals surface area contributed by atoms with E-state index in [1.807, 2.05) is 0 Å². The van der Waals surface area contributed by atoms with Crippen LogP contribution in [0.4, 0.5) is 0 Å². The Hall–Kier alpha value is -2.22. The molecule has 1 saturated heterocycles. The minimum absolute atomic E-state index is 0.210. The molecule has 1 aromatic carbocycles. The number of hydrogen-bond acceptors (Lipinski definition) is 4. The van der Waals surface area contributed by atoms with Gasteiger partial charge in [0, 0.05) is 11.0 Å². The third kappa shape index (κ3) is 2.98. The molecule has 0 spiro atoms. The Labute approximate surface area is 139 Å². The minimum Gasteiger partial charge on any atom is -0.480 e. The van der Waals surface area contributed by atoms with Crippen molar-refractivity contribution in [1.82, 2.24) is 14.5 Å². The normalized spacial score (nSPS) is 17.6. The summed E-state index contributed by atoms with van der Waals surface area (Å²) in [5.74, 6) is -1.39. The summed E-state index contributed by atoms with van der Waals surface area (Å²) in [6, 6.07) is 4.35. The molecule has 120 valence electrons. The fourth-order valence-electron chi connectivity index (χ4n) is 2.80. The van der Waals surface area contributed by atoms with E-state index < -0.39 is 12.0 Å². The molecule has 23 heavy (non-hydrogen) atoms. The molecule has 0 bridgehead atoms. The number of halogens is 1. The van der Waals surface area contributed by atoms with Crippen LogP contribution in [-0.4, -0.2) is 44.0 Å². The molecular weight excluding hydrogens is 366 g/mol. The van der Waals surface area contributed by atoms with E-state index in [0.717, 1.165) is 4.47 Å². The summed E-state index contributed by atoms with van der Waals surface area (Å²) in [4.78, 5) is 41.5. The molecule has 1 aromatic heterocycles. The number of nitrogens with zero attached hydrogens (tertiary/aromatic N) is 3. The van der Waals surface area contributed by atoms with Crippen LogP contribution >= 0.6 is 15.9 Å². The molecule has 7 nitrogen and oxygen atoms in total. The molecule has 1 aliphatic heterocycles. The minimum atomic E-state index is -1.01. The van der Waals surface area contributed by atoms with Gasteiger partial charge in [0.2, 0.25) is 5.91 Å². The SMILES string of the molecule is O=C(O)[C@@H]1CCCN1C(=O)Cn1cnc2ccc(Br)cc2c1=O. The lowest BCUT2D eigenvalue weighted by Crippen LogP contribution is -2.43. The first-order valence-electron chi connectivity index (χ1n) is 7.14. The third-order valence-corrected chi connectivity index (χ3v) is 4.44. The highest BCUT2D eigenvalue weighted by Crippen LogP contribution is 2.18. The van der Waals surface area contributed by atoms with Gasteiger partial charge in [-0.3, -0.25) is 14.2 Å². The van der Waals surface area contributed by atoms with Gasteiger partial charge < -0.3 is 10.0 Å². The van der Waals surface area contributed by atoms with Gasteiger partial charge in [0.25, 0.3) is 5.56 Å². The lowest BCUT2D eigenvalue weighted by atomic mass is 10.2. The van der Waals surface area contributed by atoms with E-state index in [1.165, 1.54) is 15.8 Å². The van der Waals surface area contributed by atoms with Crippen LogP contribution in [0.2, 0.25) is 0 Å². The van der Waals surface area contributed by atoms with Crippen molar-refractivity contribution in [3.05, 3.63) is 39.4 Å². The molecule has 0 unspecified atom stereocenters. The quantitative estimate of drug-likeness (QED) is 0.865. The molecule has 0 saturated carbocycles. The van der Waals surface area contributed by atoms with E-state index in [-0.39, 0.29) is 18.0 Å². The summed E-state index contributed by atoms with van der Waals surface area (Å²) < 4.78 is 1.97. The average molecular weight is 380 g/mol. The molecule has 1 fully saturated rings. The number of fused-ring (bicyclic) bond motifs is 1. The summed E-state index contributed by atoms with van der Waals surface area (Å²) in [5.41, 5.74) is 0.224. The second-order valence-electron chi connectivity index (χ2n) is 5.42. The molecule has 1 aliphatic rings. The Bertz CT molecular complexity index is 848. The van der Waals surface area contributed by atoms with Crippen molar-refractivity contribution >= 4 is 38.7 Å². The van der Waals surface area contributed by atoms with Gasteiger partial charge in [-0.15, -0.1) is 0 Å². The van der Waals surface area contributed by atoms with E-state index in [2.05, 4.69) is 20.9 Å². The summed E-state index contributed by atoms with van der Waals surface area (Å²) >= 11 is 3.30. The molecule has 3 rings (SSSR count).